The molecule has 3 N–H and O–H groups in total. The maximum absolute atomic E-state index is 10.3. The first-order chi connectivity index (χ1) is 11.3. The van der Waals surface area contributed by atoms with Gasteiger partial charge in [-0.25, -0.2) is 0 Å². The normalized spacial score (nSPS) is 13.1. The predicted molar refractivity (Wildman–Crippen MR) is 96.5 cm³/mol. The van der Waals surface area contributed by atoms with Crippen molar-refractivity contribution in [2.75, 3.05) is 0 Å². The van der Waals surface area contributed by atoms with Crippen molar-refractivity contribution in [2.24, 2.45) is 0 Å². The third kappa shape index (κ3) is 3.52. The van der Waals surface area contributed by atoms with Crippen LogP contribution in [0.1, 0.15) is 37.3 Å². The van der Waals surface area contributed by atoms with E-state index in [1.807, 2.05) is 18.2 Å². The van der Waals surface area contributed by atoms with Gasteiger partial charge in [0.15, 0.2) is 0 Å². The van der Waals surface area contributed by atoms with Crippen LogP contribution in [0.4, 0.5) is 0 Å². The van der Waals surface area contributed by atoms with Crippen LogP contribution in [-0.2, 0) is 0 Å². The van der Waals surface area contributed by atoms with E-state index in [1.165, 1.54) is 6.07 Å². The maximum Gasteiger partial charge on any atom is 0.123 e. The Hall–Kier alpha value is -2.52. The average Bonchev–Trinajstić information content (AvgIpc) is 2.52. The molecule has 1 atom stereocenters. The number of rotatable bonds is 4. The Morgan fingerprint density at radius 3 is 2.25 bits per heavy atom. The largest absolute Gasteiger partial charge is 0.508 e. The first kappa shape index (κ1) is 16.3. The molecule has 1 unspecified atom stereocenters. The van der Waals surface area contributed by atoms with Crippen molar-refractivity contribution in [2.45, 2.75) is 31.8 Å². The summed E-state index contributed by atoms with van der Waals surface area (Å²) in [6.07, 6.45) is 0.462. The molecule has 0 radical (unpaired) electrons. The van der Waals surface area contributed by atoms with Crippen LogP contribution < -0.4 is 0 Å². The molecule has 0 aliphatic carbocycles. The number of hydrogen-bond acceptors (Lipinski definition) is 3. The molecule has 3 aromatic rings. The van der Waals surface area contributed by atoms with E-state index in [0.29, 0.717) is 12.0 Å². The molecule has 3 aromatic carbocycles. The summed E-state index contributed by atoms with van der Waals surface area (Å²) in [5.41, 5.74) is 0.836. The highest BCUT2D eigenvalue weighted by Gasteiger charge is 2.25. The van der Waals surface area contributed by atoms with Gasteiger partial charge in [-0.1, -0.05) is 48.5 Å². The molecule has 0 spiro atoms. The zero-order valence-corrected chi connectivity index (χ0v) is 13.9. The molecule has 124 valence electrons. The van der Waals surface area contributed by atoms with E-state index in [0.717, 1.165) is 16.3 Å². The van der Waals surface area contributed by atoms with Crippen molar-refractivity contribution in [3.8, 4) is 11.5 Å². The highest BCUT2D eigenvalue weighted by molar-refractivity contribution is 5.83. The van der Waals surface area contributed by atoms with Gasteiger partial charge in [-0.3, -0.25) is 0 Å². The van der Waals surface area contributed by atoms with Crippen LogP contribution in [0.2, 0.25) is 0 Å². The lowest BCUT2D eigenvalue weighted by Gasteiger charge is -2.26. The number of aromatic hydroxyl groups is 2. The van der Waals surface area contributed by atoms with Crippen LogP contribution in [0.15, 0.2) is 60.7 Å². The van der Waals surface area contributed by atoms with Crippen molar-refractivity contribution in [1.82, 2.24) is 0 Å². The van der Waals surface area contributed by atoms with Crippen molar-refractivity contribution < 1.29 is 15.3 Å². The second kappa shape index (κ2) is 6.17. The second-order valence-corrected chi connectivity index (χ2v) is 6.92. The topological polar surface area (TPSA) is 60.7 Å². The summed E-state index contributed by atoms with van der Waals surface area (Å²) in [5.74, 6) is -0.107. The van der Waals surface area contributed by atoms with E-state index < -0.39 is 5.60 Å². The van der Waals surface area contributed by atoms with Gasteiger partial charge in [0.05, 0.1) is 5.60 Å². The van der Waals surface area contributed by atoms with Crippen LogP contribution in [0.25, 0.3) is 10.8 Å². The zero-order chi connectivity index (χ0) is 17.3. The summed E-state index contributed by atoms with van der Waals surface area (Å²) < 4.78 is 0. The molecule has 3 heteroatoms. The minimum atomic E-state index is -0.888. The number of phenols is 2. The van der Waals surface area contributed by atoms with Gasteiger partial charge >= 0.3 is 0 Å². The smallest absolute Gasteiger partial charge is 0.123 e. The number of benzene rings is 3. The SMILES string of the molecule is CC(C)(O)CC(c1ccc2ccccc2c1)c1ccc(O)cc1O. The van der Waals surface area contributed by atoms with E-state index in [2.05, 4.69) is 24.3 Å². The van der Waals surface area contributed by atoms with Gasteiger partial charge in [0.2, 0.25) is 0 Å². The highest BCUT2D eigenvalue weighted by atomic mass is 16.3. The Morgan fingerprint density at radius 1 is 0.875 bits per heavy atom. The van der Waals surface area contributed by atoms with Gasteiger partial charge in [0, 0.05) is 17.5 Å². The molecular weight excluding hydrogens is 300 g/mol. The Balaban J connectivity index is 2.12. The monoisotopic (exact) mass is 322 g/mol. The Labute approximate surface area is 141 Å². The van der Waals surface area contributed by atoms with Crippen LogP contribution in [0.5, 0.6) is 11.5 Å². The quantitative estimate of drug-likeness (QED) is 0.660. The molecular formula is C21H22O3. The van der Waals surface area contributed by atoms with Crippen molar-refractivity contribution in [1.29, 1.82) is 0 Å². The molecule has 24 heavy (non-hydrogen) atoms. The number of hydrogen-bond donors (Lipinski definition) is 3. The van der Waals surface area contributed by atoms with Crippen LogP contribution >= 0.6 is 0 Å². The van der Waals surface area contributed by atoms with Gasteiger partial charge < -0.3 is 15.3 Å². The van der Waals surface area contributed by atoms with E-state index >= 15 is 0 Å². The molecule has 0 heterocycles. The summed E-state index contributed by atoms with van der Waals surface area (Å²) in [5, 5.41) is 32.5. The van der Waals surface area contributed by atoms with Gasteiger partial charge in [-0.15, -0.1) is 0 Å². The van der Waals surface area contributed by atoms with Crippen molar-refractivity contribution >= 4 is 10.8 Å². The molecule has 0 fully saturated rings. The minimum absolute atomic E-state index is 0.0248. The van der Waals surface area contributed by atoms with Crippen LogP contribution in [0, 0.1) is 0 Å². The Bertz CT molecular complexity index is 862. The summed E-state index contributed by atoms with van der Waals surface area (Å²) in [6, 6.07) is 18.9. The molecule has 0 saturated carbocycles. The Morgan fingerprint density at radius 2 is 1.58 bits per heavy atom. The van der Waals surface area contributed by atoms with Gasteiger partial charge in [0.25, 0.3) is 0 Å². The zero-order valence-electron chi connectivity index (χ0n) is 13.9. The van der Waals surface area contributed by atoms with E-state index in [9.17, 15) is 15.3 Å². The fourth-order valence-electron chi connectivity index (χ4n) is 3.16. The van der Waals surface area contributed by atoms with E-state index in [4.69, 9.17) is 0 Å². The predicted octanol–water partition coefficient (Wildman–Crippen LogP) is 4.54. The van der Waals surface area contributed by atoms with Gasteiger partial charge in [-0.05, 0) is 42.7 Å². The minimum Gasteiger partial charge on any atom is -0.508 e. The molecule has 0 aromatic heterocycles. The summed E-state index contributed by atoms with van der Waals surface area (Å²) in [7, 11) is 0. The first-order valence-corrected chi connectivity index (χ1v) is 8.06. The number of fused-ring (bicyclic) bond motifs is 1. The fourth-order valence-corrected chi connectivity index (χ4v) is 3.16. The molecule has 0 aliphatic heterocycles. The average molecular weight is 322 g/mol. The third-order valence-electron chi connectivity index (χ3n) is 4.27. The van der Waals surface area contributed by atoms with Gasteiger partial charge in [0.1, 0.15) is 11.5 Å². The third-order valence-corrected chi connectivity index (χ3v) is 4.27. The lowest BCUT2D eigenvalue weighted by molar-refractivity contribution is 0.0664. The summed E-state index contributed by atoms with van der Waals surface area (Å²) in [4.78, 5) is 0. The van der Waals surface area contributed by atoms with Crippen molar-refractivity contribution in [3.05, 3.63) is 71.8 Å². The maximum atomic E-state index is 10.3. The van der Waals surface area contributed by atoms with E-state index in [1.54, 1.807) is 26.0 Å². The standard InChI is InChI=1S/C21H22O3/c1-21(2,24)13-19(18-10-9-17(22)12-20(18)23)16-8-7-14-5-3-4-6-15(14)11-16/h3-12,19,22-24H,13H2,1-2H3. The van der Waals surface area contributed by atoms with Crippen molar-refractivity contribution in [3.63, 3.8) is 0 Å². The highest BCUT2D eigenvalue weighted by Crippen LogP contribution is 2.39. The second-order valence-electron chi connectivity index (χ2n) is 6.92. The molecule has 3 nitrogen and oxygen atoms in total. The summed E-state index contributed by atoms with van der Waals surface area (Å²) in [6.45, 7) is 3.52. The van der Waals surface area contributed by atoms with Crippen LogP contribution in [-0.4, -0.2) is 20.9 Å². The summed E-state index contributed by atoms with van der Waals surface area (Å²) >= 11 is 0. The Kier molecular flexibility index (Phi) is 4.20. The molecule has 0 bridgehead atoms. The molecule has 0 amide bonds. The molecule has 3 rings (SSSR count). The molecule has 0 saturated heterocycles. The van der Waals surface area contributed by atoms with E-state index in [-0.39, 0.29) is 17.4 Å². The lowest BCUT2D eigenvalue weighted by atomic mass is 9.82. The molecule has 0 aliphatic rings. The lowest BCUT2D eigenvalue weighted by Crippen LogP contribution is -2.23. The number of aliphatic hydroxyl groups is 1. The first-order valence-electron chi connectivity index (χ1n) is 8.06. The number of phenolic OH excluding ortho intramolecular Hbond substituents is 2. The van der Waals surface area contributed by atoms with Crippen LogP contribution in [0.3, 0.4) is 0 Å². The van der Waals surface area contributed by atoms with Gasteiger partial charge in [-0.2, -0.15) is 0 Å². The fraction of sp³-hybridized carbons (Fsp3) is 0.238.